The Morgan fingerprint density at radius 2 is 1.81 bits per heavy atom. The Hall–Kier alpha value is -3.13. The largest absolute Gasteiger partial charge is 0.348 e. The van der Waals surface area contributed by atoms with Crippen LogP contribution in [0.5, 0.6) is 0 Å². The Kier molecular flexibility index (Phi) is 6.73. The van der Waals surface area contributed by atoms with Gasteiger partial charge in [-0.3, -0.25) is 14.9 Å². The molecule has 9 heteroatoms. The summed E-state index contributed by atoms with van der Waals surface area (Å²) in [4.78, 5) is 34.3. The van der Waals surface area contributed by atoms with E-state index < -0.39 is 10.8 Å². The van der Waals surface area contributed by atoms with Crippen molar-refractivity contribution in [2.45, 2.75) is 26.4 Å². The number of urea groups is 1. The average Bonchev–Trinajstić information content (AvgIpc) is 2.60. The van der Waals surface area contributed by atoms with Crippen molar-refractivity contribution in [2.24, 2.45) is 0 Å². The molecule has 3 amide bonds. The number of nitrogens with zero attached hydrogens (tertiary/aromatic N) is 1. The van der Waals surface area contributed by atoms with Crippen LogP contribution in [0.2, 0.25) is 5.02 Å². The molecule has 0 aromatic heterocycles. The Bertz CT molecular complexity index is 853. The first-order chi connectivity index (χ1) is 12.8. The van der Waals surface area contributed by atoms with E-state index in [9.17, 15) is 19.7 Å². The van der Waals surface area contributed by atoms with Crippen molar-refractivity contribution in [1.29, 1.82) is 0 Å². The van der Waals surface area contributed by atoms with E-state index >= 15 is 0 Å². The molecule has 0 aliphatic carbocycles. The lowest BCUT2D eigenvalue weighted by molar-refractivity contribution is -0.385. The van der Waals surface area contributed by atoms with Crippen LogP contribution < -0.4 is 16.0 Å². The summed E-state index contributed by atoms with van der Waals surface area (Å²) < 4.78 is 0. The molecule has 3 N–H and O–H groups in total. The zero-order valence-electron chi connectivity index (χ0n) is 14.8. The fourth-order valence-electron chi connectivity index (χ4n) is 2.26. The molecule has 0 aliphatic rings. The van der Waals surface area contributed by atoms with Crippen molar-refractivity contribution in [3.8, 4) is 0 Å². The molecule has 27 heavy (non-hydrogen) atoms. The van der Waals surface area contributed by atoms with Gasteiger partial charge in [0, 0.05) is 29.4 Å². The topological polar surface area (TPSA) is 113 Å². The lowest BCUT2D eigenvalue weighted by Crippen LogP contribution is -2.34. The van der Waals surface area contributed by atoms with Gasteiger partial charge in [-0.15, -0.1) is 0 Å². The van der Waals surface area contributed by atoms with E-state index in [-0.39, 0.29) is 34.9 Å². The van der Waals surface area contributed by atoms with Crippen LogP contribution in [0.15, 0.2) is 42.5 Å². The lowest BCUT2D eigenvalue weighted by atomic mass is 10.1. The summed E-state index contributed by atoms with van der Waals surface area (Å²) in [5.41, 5.74) is 0.968. The minimum Gasteiger partial charge on any atom is -0.348 e. The number of anilines is 1. The maximum absolute atomic E-state index is 12.2. The van der Waals surface area contributed by atoms with Crippen LogP contribution >= 0.6 is 11.6 Å². The molecular weight excluding hydrogens is 372 g/mol. The Labute approximate surface area is 161 Å². The molecule has 0 aliphatic heterocycles. The highest BCUT2D eigenvalue weighted by molar-refractivity contribution is 6.31. The molecule has 2 aromatic carbocycles. The predicted molar refractivity (Wildman–Crippen MR) is 103 cm³/mol. The quantitative estimate of drug-likeness (QED) is 0.515. The third kappa shape index (κ3) is 5.96. The Balaban J connectivity index is 1.98. The summed E-state index contributed by atoms with van der Waals surface area (Å²) >= 11 is 5.75. The summed E-state index contributed by atoms with van der Waals surface area (Å²) in [5, 5.41) is 19.3. The fourth-order valence-corrected chi connectivity index (χ4v) is 2.43. The molecule has 0 bridgehead atoms. The minimum absolute atomic E-state index is 0.0245. The lowest BCUT2D eigenvalue weighted by Gasteiger charge is -2.11. The van der Waals surface area contributed by atoms with E-state index in [1.54, 1.807) is 24.3 Å². The number of rotatable bonds is 6. The van der Waals surface area contributed by atoms with Gasteiger partial charge in [-0.1, -0.05) is 23.7 Å². The highest BCUT2D eigenvalue weighted by Crippen LogP contribution is 2.23. The van der Waals surface area contributed by atoms with Gasteiger partial charge in [-0.2, -0.15) is 0 Å². The van der Waals surface area contributed by atoms with E-state index in [0.717, 1.165) is 11.6 Å². The normalized spacial score (nSPS) is 10.4. The third-order valence-electron chi connectivity index (χ3n) is 3.49. The number of nitro groups is 1. The van der Waals surface area contributed by atoms with Gasteiger partial charge in [0.15, 0.2) is 0 Å². The number of carbonyl (C=O) groups is 2. The first-order valence-corrected chi connectivity index (χ1v) is 8.52. The van der Waals surface area contributed by atoms with Crippen molar-refractivity contribution in [2.75, 3.05) is 5.32 Å². The Morgan fingerprint density at radius 1 is 1.15 bits per heavy atom. The molecule has 8 nitrogen and oxygen atoms in total. The molecule has 0 atom stereocenters. The third-order valence-corrected chi connectivity index (χ3v) is 3.72. The number of carbonyl (C=O) groups excluding carboxylic acids is 2. The van der Waals surface area contributed by atoms with E-state index in [4.69, 9.17) is 11.6 Å². The number of hydrogen-bond donors (Lipinski definition) is 3. The molecule has 0 unspecified atom stereocenters. The van der Waals surface area contributed by atoms with E-state index in [1.807, 2.05) is 13.8 Å². The van der Waals surface area contributed by atoms with Crippen molar-refractivity contribution in [1.82, 2.24) is 10.6 Å². The van der Waals surface area contributed by atoms with Crippen LogP contribution in [0, 0.1) is 10.1 Å². The van der Waals surface area contributed by atoms with Crippen LogP contribution in [0.1, 0.15) is 29.8 Å². The van der Waals surface area contributed by atoms with E-state index in [2.05, 4.69) is 16.0 Å². The number of benzene rings is 2. The second kappa shape index (κ2) is 9.00. The van der Waals surface area contributed by atoms with E-state index in [0.29, 0.717) is 5.69 Å². The highest BCUT2D eigenvalue weighted by atomic mass is 35.5. The molecule has 0 heterocycles. The van der Waals surface area contributed by atoms with Gasteiger partial charge in [0.1, 0.15) is 5.56 Å². The maximum Gasteiger partial charge on any atom is 0.319 e. The second-order valence-electron chi connectivity index (χ2n) is 6.05. The van der Waals surface area contributed by atoms with Crippen molar-refractivity contribution < 1.29 is 14.5 Å². The van der Waals surface area contributed by atoms with Gasteiger partial charge in [-0.05, 0) is 43.7 Å². The molecule has 142 valence electrons. The smallest absolute Gasteiger partial charge is 0.319 e. The molecule has 2 aromatic rings. The van der Waals surface area contributed by atoms with Gasteiger partial charge in [0.05, 0.1) is 4.92 Å². The summed E-state index contributed by atoms with van der Waals surface area (Å²) in [6.07, 6.45) is 0. The first kappa shape index (κ1) is 20.2. The van der Waals surface area contributed by atoms with E-state index in [1.165, 1.54) is 12.1 Å². The molecule has 0 radical (unpaired) electrons. The second-order valence-corrected chi connectivity index (χ2v) is 6.49. The molecular formula is C18H19ClN4O4. The van der Waals surface area contributed by atoms with Crippen molar-refractivity contribution >= 4 is 34.9 Å². The number of hydrogen-bond acceptors (Lipinski definition) is 4. The Morgan fingerprint density at radius 3 is 2.41 bits per heavy atom. The molecule has 0 fully saturated rings. The van der Waals surface area contributed by atoms with Crippen molar-refractivity contribution in [3.05, 3.63) is 68.7 Å². The van der Waals surface area contributed by atoms with Gasteiger partial charge in [0.2, 0.25) is 0 Å². The van der Waals surface area contributed by atoms with Crippen LogP contribution in [0.25, 0.3) is 0 Å². The van der Waals surface area contributed by atoms with Crippen LogP contribution in [-0.2, 0) is 6.54 Å². The number of amides is 3. The van der Waals surface area contributed by atoms with Gasteiger partial charge < -0.3 is 16.0 Å². The standard InChI is InChI=1S/C18H19ClN4O4/c1-11(2)21-18(25)22-14-6-3-12(4-7-14)10-20-17(24)15-8-5-13(19)9-16(15)23(26)27/h3-9,11H,10H2,1-2H3,(H,20,24)(H2,21,22,25). The van der Waals surface area contributed by atoms with Crippen LogP contribution in [-0.4, -0.2) is 22.9 Å². The molecule has 2 rings (SSSR count). The summed E-state index contributed by atoms with van der Waals surface area (Å²) in [6.45, 7) is 3.89. The molecule has 0 spiro atoms. The monoisotopic (exact) mass is 390 g/mol. The minimum atomic E-state index is -0.649. The zero-order valence-corrected chi connectivity index (χ0v) is 15.5. The average molecular weight is 391 g/mol. The maximum atomic E-state index is 12.2. The van der Waals surface area contributed by atoms with Gasteiger partial charge in [0.25, 0.3) is 11.6 Å². The van der Waals surface area contributed by atoms with Gasteiger partial charge >= 0.3 is 6.03 Å². The molecule has 0 saturated carbocycles. The number of nitro benzene ring substituents is 1. The first-order valence-electron chi connectivity index (χ1n) is 8.15. The van der Waals surface area contributed by atoms with Crippen LogP contribution in [0.3, 0.4) is 0 Å². The summed E-state index contributed by atoms with van der Waals surface area (Å²) in [5.74, 6) is -0.572. The SMILES string of the molecule is CC(C)NC(=O)Nc1ccc(CNC(=O)c2ccc(Cl)cc2[N+](=O)[O-])cc1. The number of nitrogens with one attached hydrogen (secondary N) is 3. The highest BCUT2D eigenvalue weighted by Gasteiger charge is 2.20. The molecule has 0 saturated heterocycles. The zero-order chi connectivity index (χ0) is 20.0. The summed E-state index contributed by atoms with van der Waals surface area (Å²) in [6, 6.07) is 10.5. The summed E-state index contributed by atoms with van der Waals surface area (Å²) in [7, 11) is 0. The van der Waals surface area contributed by atoms with Crippen molar-refractivity contribution in [3.63, 3.8) is 0 Å². The van der Waals surface area contributed by atoms with Gasteiger partial charge in [-0.25, -0.2) is 4.79 Å². The number of halogens is 1. The predicted octanol–water partition coefficient (Wildman–Crippen LogP) is 3.71. The fraction of sp³-hybridized carbons (Fsp3) is 0.222. The van der Waals surface area contributed by atoms with Crippen LogP contribution in [0.4, 0.5) is 16.2 Å².